The highest BCUT2D eigenvalue weighted by molar-refractivity contribution is 6.42. The van der Waals surface area contributed by atoms with E-state index in [1.807, 2.05) is 6.92 Å². The quantitative estimate of drug-likeness (QED) is 0.461. The SMILES string of the molecule is CC(Cl)C(C)c1cc(Cl)c(Cl)cc1[N+](=O)[O-]. The molecule has 0 amide bonds. The summed E-state index contributed by atoms with van der Waals surface area (Å²) in [6, 6.07) is 2.76. The second-order valence-corrected chi connectivity index (χ2v) is 5.05. The van der Waals surface area contributed by atoms with Crippen LogP contribution in [0.1, 0.15) is 25.3 Å². The molecule has 88 valence electrons. The van der Waals surface area contributed by atoms with Crippen molar-refractivity contribution in [2.24, 2.45) is 0 Å². The number of alkyl halides is 1. The zero-order chi connectivity index (χ0) is 12.5. The number of rotatable bonds is 3. The fraction of sp³-hybridized carbons (Fsp3) is 0.400. The summed E-state index contributed by atoms with van der Waals surface area (Å²) < 4.78 is 0. The molecule has 0 saturated heterocycles. The number of nitro benzene ring substituents is 1. The number of nitro groups is 1. The summed E-state index contributed by atoms with van der Waals surface area (Å²) in [5.74, 6) is -0.170. The summed E-state index contributed by atoms with van der Waals surface area (Å²) in [6.07, 6.45) is 0. The maximum absolute atomic E-state index is 10.9. The van der Waals surface area contributed by atoms with Gasteiger partial charge in [0.05, 0.1) is 15.0 Å². The van der Waals surface area contributed by atoms with Crippen LogP contribution in [-0.2, 0) is 0 Å². The zero-order valence-electron chi connectivity index (χ0n) is 8.71. The Labute approximate surface area is 108 Å². The molecule has 0 bridgehead atoms. The van der Waals surface area contributed by atoms with Crippen LogP contribution >= 0.6 is 34.8 Å². The predicted octanol–water partition coefficient (Wildman–Crippen LogP) is 4.63. The standard InChI is InChI=1S/C10H10Cl3NO2/c1-5(6(2)11)7-3-8(12)9(13)4-10(7)14(15)16/h3-6H,1-2H3. The van der Waals surface area contributed by atoms with Crippen LogP contribution in [-0.4, -0.2) is 10.3 Å². The molecule has 0 N–H and O–H groups in total. The summed E-state index contributed by atoms with van der Waals surface area (Å²) in [6.45, 7) is 3.59. The van der Waals surface area contributed by atoms with Crippen LogP contribution in [0, 0.1) is 10.1 Å². The number of halogens is 3. The van der Waals surface area contributed by atoms with Crippen molar-refractivity contribution >= 4 is 40.5 Å². The Morgan fingerprint density at radius 3 is 2.19 bits per heavy atom. The molecule has 1 rings (SSSR count). The maximum atomic E-state index is 10.9. The van der Waals surface area contributed by atoms with Gasteiger partial charge in [-0.15, -0.1) is 11.6 Å². The highest BCUT2D eigenvalue weighted by atomic mass is 35.5. The fourth-order valence-corrected chi connectivity index (χ4v) is 1.79. The summed E-state index contributed by atoms with van der Waals surface area (Å²) in [7, 11) is 0. The van der Waals surface area contributed by atoms with Gasteiger partial charge >= 0.3 is 0 Å². The number of hydrogen-bond donors (Lipinski definition) is 0. The van der Waals surface area contributed by atoms with Crippen LogP contribution in [0.3, 0.4) is 0 Å². The Bertz CT molecular complexity index is 421. The first-order chi connectivity index (χ1) is 7.34. The van der Waals surface area contributed by atoms with Gasteiger partial charge in [0, 0.05) is 22.9 Å². The third-order valence-electron chi connectivity index (χ3n) is 2.45. The van der Waals surface area contributed by atoms with E-state index < -0.39 is 4.92 Å². The average molecular weight is 283 g/mol. The normalized spacial score (nSPS) is 14.6. The first kappa shape index (κ1) is 13.6. The third-order valence-corrected chi connectivity index (χ3v) is 3.55. The van der Waals surface area contributed by atoms with Gasteiger partial charge in [0.15, 0.2) is 0 Å². The van der Waals surface area contributed by atoms with Crippen LogP contribution in [0.25, 0.3) is 0 Å². The molecule has 6 heteroatoms. The van der Waals surface area contributed by atoms with Crippen molar-refractivity contribution in [2.75, 3.05) is 0 Å². The number of hydrogen-bond acceptors (Lipinski definition) is 2. The lowest BCUT2D eigenvalue weighted by atomic mass is 9.96. The highest BCUT2D eigenvalue weighted by Gasteiger charge is 2.24. The third kappa shape index (κ3) is 2.78. The van der Waals surface area contributed by atoms with E-state index in [-0.39, 0.29) is 22.0 Å². The summed E-state index contributed by atoms with van der Waals surface area (Å²) in [5, 5.41) is 11.1. The molecule has 3 nitrogen and oxygen atoms in total. The molecule has 2 unspecified atom stereocenters. The van der Waals surface area contributed by atoms with Crippen LogP contribution < -0.4 is 0 Å². The summed E-state index contributed by atoms with van der Waals surface area (Å²) >= 11 is 17.5. The van der Waals surface area contributed by atoms with Crippen LogP contribution in [0.2, 0.25) is 10.0 Å². The lowest BCUT2D eigenvalue weighted by Gasteiger charge is -2.15. The Hall–Kier alpha value is -0.510. The van der Waals surface area contributed by atoms with Gasteiger partial charge in [-0.1, -0.05) is 30.1 Å². The summed E-state index contributed by atoms with van der Waals surface area (Å²) in [4.78, 5) is 10.4. The molecule has 2 atom stereocenters. The van der Waals surface area contributed by atoms with E-state index in [2.05, 4.69) is 0 Å². The Kier molecular flexibility index (Phi) is 4.42. The molecule has 16 heavy (non-hydrogen) atoms. The zero-order valence-corrected chi connectivity index (χ0v) is 11.0. The molecule has 0 saturated carbocycles. The molecule has 0 aromatic heterocycles. The highest BCUT2D eigenvalue weighted by Crippen LogP contribution is 2.36. The van der Waals surface area contributed by atoms with Crippen molar-refractivity contribution in [1.82, 2.24) is 0 Å². The molecular weight excluding hydrogens is 272 g/mol. The maximum Gasteiger partial charge on any atom is 0.274 e. The van der Waals surface area contributed by atoms with Crippen LogP contribution in [0.5, 0.6) is 0 Å². The van der Waals surface area contributed by atoms with Gasteiger partial charge in [0.2, 0.25) is 0 Å². The Balaban J connectivity index is 3.36. The van der Waals surface area contributed by atoms with Gasteiger partial charge < -0.3 is 0 Å². The predicted molar refractivity (Wildman–Crippen MR) is 66.8 cm³/mol. The molecule has 0 aliphatic heterocycles. The minimum absolute atomic E-state index is 0.0469. The van der Waals surface area contributed by atoms with Crippen molar-refractivity contribution in [3.8, 4) is 0 Å². The van der Waals surface area contributed by atoms with Gasteiger partial charge in [-0.2, -0.15) is 0 Å². The molecular formula is C10H10Cl3NO2. The molecule has 0 radical (unpaired) electrons. The van der Waals surface area contributed by atoms with E-state index in [0.29, 0.717) is 10.6 Å². The molecule has 1 aromatic carbocycles. The van der Waals surface area contributed by atoms with Gasteiger partial charge in [0.25, 0.3) is 5.69 Å². The number of nitrogens with zero attached hydrogens (tertiary/aromatic N) is 1. The van der Waals surface area contributed by atoms with Crippen LogP contribution in [0.15, 0.2) is 12.1 Å². The van der Waals surface area contributed by atoms with E-state index in [1.54, 1.807) is 6.92 Å². The number of benzene rings is 1. The minimum Gasteiger partial charge on any atom is -0.258 e. The van der Waals surface area contributed by atoms with Gasteiger partial charge in [-0.05, 0) is 13.0 Å². The van der Waals surface area contributed by atoms with Crippen molar-refractivity contribution in [1.29, 1.82) is 0 Å². The lowest BCUT2D eigenvalue weighted by molar-refractivity contribution is -0.385. The molecule has 1 aromatic rings. The fourth-order valence-electron chi connectivity index (χ4n) is 1.32. The van der Waals surface area contributed by atoms with Crippen molar-refractivity contribution in [2.45, 2.75) is 25.1 Å². The van der Waals surface area contributed by atoms with Gasteiger partial charge in [0.1, 0.15) is 0 Å². The lowest BCUT2D eigenvalue weighted by Crippen LogP contribution is -2.08. The summed E-state index contributed by atoms with van der Waals surface area (Å²) in [5.41, 5.74) is 0.455. The topological polar surface area (TPSA) is 43.1 Å². The molecule has 0 aliphatic rings. The van der Waals surface area contributed by atoms with E-state index >= 15 is 0 Å². The minimum atomic E-state index is -0.479. The smallest absolute Gasteiger partial charge is 0.258 e. The second-order valence-electron chi connectivity index (χ2n) is 3.55. The molecule has 0 heterocycles. The van der Waals surface area contributed by atoms with E-state index in [9.17, 15) is 10.1 Å². The van der Waals surface area contributed by atoms with Crippen LogP contribution in [0.4, 0.5) is 5.69 Å². The second kappa shape index (κ2) is 5.21. The van der Waals surface area contributed by atoms with E-state index in [4.69, 9.17) is 34.8 Å². The molecule has 0 aliphatic carbocycles. The van der Waals surface area contributed by atoms with Crippen molar-refractivity contribution in [3.05, 3.63) is 37.9 Å². The average Bonchev–Trinajstić information content (AvgIpc) is 2.19. The van der Waals surface area contributed by atoms with Crippen molar-refractivity contribution < 1.29 is 4.92 Å². The monoisotopic (exact) mass is 281 g/mol. The largest absolute Gasteiger partial charge is 0.274 e. The molecule has 0 fully saturated rings. The molecule has 0 spiro atoms. The van der Waals surface area contributed by atoms with Gasteiger partial charge in [-0.25, -0.2) is 0 Å². The van der Waals surface area contributed by atoms with E-state index in [0.717, 1.165) is 0 Å². The van der Waals surface area contributed by atoms with Gasteiger partial charge in [-0.3, -0.25) is 10.1 Å². The Morgan fingerprint density at radius 2 is 1.75 bits per heavy atom. The first-order valence-electron chi connectivity index (χ1n) is 4.62. The van der Waals surface area contributed by atoms with Crippen molar-refractivity contribution in [3.63, 3.8) is 0 Å². The first-order valence-corrected chi connectivity index (χ1v) is 5.81. The Morgan fingerprint density at radius 1 is 1.25 bits per heavy atom. The van der Waals surface area contributed by atoms with E-state index in [1.165, 1.54) is 12.1 Å².